The number of aliphatic hydroxyl groups excluding tert-OH is 1. The highest BCUT2D eigenvalue weighted by atomic mass is 32.2. The van der Waals surface area contributed by atoms with Crippen molar-refractivity contribution in [1.82, 2.24) is 9.21 Å². The first-order valence-corrected chi connectivity index (χ1v) is 14.8. The highest BCUT2D eigenvalue weighted by molar-refractivity contribution is 7.89. The van der Waals surface area contributed by atoms with Gasteiger partial charge in [0.05, 0.1) is 17.0 Å². The lowest BCUT2D eigenvalue weighted by molar-refractivity contribution is -0.0189. The van der Waals surface area contributed by atoms with Crippen LogP contribution in [0.2, 0.25) is 0 Å². The molecule has 5 rings (SSSR count). The van der Waals surface area contributed by atoms with Crippen LogP contribution < -0.4 is 0 Å². The second-order valence-corrected chi connectivity index (χ2v) is 12.4. The Morgan fingerprint density at radius 3 is 2.42 bits per heavy atom. The average Bonchev–Trinajstić information content (AvgIpc) is 3.69. The van der Waals surface area contributed by atoms with Crippen molar-refractivity contribution in [1.29, 1.82) is 0 Å². The van der Waals surface area contributed by atoms with E-state index in [-0.39, 0.29) is 17.5 Å². The Morgan fingerprint density at radius 2 is 1.74 bits per heavy atom. The lowest BCUT2D eigenvalue weighted by Crippen LogP contribution is -2.55. The summed E-state index contributed by atoms with van der Waals surface area (Å²) in [4.78, 5) is 14.9. The van der Waals surface area contributed by atoms with Crippen LogP contribution in [-0.2, 0) is 14.8 Å². The van der Waals surface area contributed by atoms with Crippen molar-refractivity contribution in [2.45, 2.75) is 86.4 Å². The van der Waals surface area contributed by atoms with Crippen molar-refractivity contribution in [2.75, 3.05) is 13.2 Å². The minimum absolute atomic E-state index is 0.0306. The number of benzene rings is 2. The third-order valence-electron chi connectivity index (χ3n) is 8.14. The summed E-state index contributed by atoms with van der Waals surface area (Å²) in [7, 11) is -4.23. The van der Waals surface area contributed by atoms with Crippen molar-refractivity contribution in [3.8, 4) is 0 Å². The molecule has 2 aromatic carbocycles. The van der Waals surface area contributed by atoms with Crippen LogP contribution in [0.1, 0.15) is 69.4 Å². The number of halogens is 2. The molecule has 2 heterocycles. The Balaban J connectivity index is 1.51. The second kappa shape index (κ2) is 10.9. The molecule has 7 nitrogen and oxygen atoms in total. The summed E-state index contributed by atoms with van der Waals surface area (Å²) >= 11 is 0. The molecule has 2 aliphatic heterocycles. The van der Waals surface area contributed by atoms with Gasteiger partial charge in [-0.15, -0.1) is 0 Å². The third kappa shape index (κ3) is 5.31. The number of amides is 1. The number of carbonyl (C=O) groups is 1. The van der Waals surface area contributed by atoms with Gasteiger partial charge in [-0.3, -0.25) is 0 Å². The second-order valence-electron chi connectivity index (χ2n) is 10.6. The molecule has 0 bridgehead atoms. The fraction of sp³-hybridized carbons (Fsp3) is 0.536. The van der Waals surface area contributed by atoms with Gasteiger partial charge in [0.1, 0.15) is 17.2 Å². The number of piperidine rings is 2. The Bertz CT molecular complexity index is 1270. The molecule has 1 amide bonds. The van der Waals surface area contributed by atoms with Crippen LogP contribution in [0.25, 0.3) is 0 Å². The third-order valence-corrected chi connectivity index (χ3v) is 10.1. The fourth-order valence-corrected chi connectivity index (χ4v) is 8.08. The Labute approximate surface area is 222 Å². The minimum atomic E-state index is -4.23. The average molecular weight is 549 g/mol. The molecule has 10 heteroatoms. The topological polar surface area (TPSA) is 87.2 Å². The van der Waals surface area contributed by atoms with E-state index in [1.807, 2.05) is 0 Å². The quantitative estimate of drug-likeness (QED) is 0.517. The van der Waals surface area contributed by atoms with Gasteiger partial charge in [0, 0.05) is 19.2 Å². The van der Waals surface area contributed by atoms with Gasteiger partial charge in [0.15, 0.2) is 0 Å². The molecule has 2 aromatic rings. The van der Waals surface area contributed by atoms with Crippen LogP contribution >= 0.6 is 0 Å². The van der Waals surface area contributed by atoms with E-state index < -0.39 is 45.4 Å². The zero-order chi connectivity index (χ0) is 26.9. The summed E-state index contributed by atoms with van der Waals surface area (Å²) in [5, 5.41) is 9.47. The first-order chi connectivity index (χ1) is 18.2. The summed E-state index contributed by atoms with van der Waals surface area (Å²) < 4.78 is 64.1. The highest BCUT2D eigenvalue weighted by Gasteiger charge is 2.60. The normalized spacial score (nSPS) is 25.7. The summed E-state index contributed by atoms with van der Waals surface area (Å²) in [5.41, 5.74) is -0.499. The van der Waals surface area contributed by atoms with Crippen molar-refractivity contribution in [3.05, 3.63) is 65.7 Å². The molecule has 0 aromatic heterocycles. The number of rotatable bonds is 7. The molecule has 206 valence electrons. The Morgan fingerprint density at radius 1 is 1.00 bits per heavy atom. The fourth-order valence-electron chi connectivity index (χ4n) is 6.13. The smallest absolute Gasteiger partial charge is 0.410 e. The molecule has 0 radical (unpaired) electrons. The maximum absolute atomic E-state index is 14.2. The van der Waals surface area contributed by atoms with Crippen molar-refractivity contribution >= 4 is 16.1 Å². The van der Waals surface area contributed by atoms with Crippen LogP contribution in [0, 0.1) is 11.6 Å². The molecule has 3 fully saturated rings. The monoisotopic (exact) mass is 548 g/mol. The number of hydrogen-bond donors (Lipinski definition) is 1. The number of hydrogen-bond acceptors (Lipinski definition) is 5. The molecule has 0 spiro atoms. The number of carbonyl (C=O) groups excluding carboxylic acids is 1. The van der Waals surface area contributed by atoms with E-state index in [1.54, 1.807) is 17.0 Å². The summed E-state index contributed by atoms with van der Waals surface area (Å²) in [5.74, 6) is -1.14. The van der Waals surface area contributed by atoms with Crippen LogP contribution in [0.3, 0.4) is 0 Å². The minimum Gasteiger partial charge on any atom is -0.441 e. The van der Waals surface area contributed by atoms with E-state index >= 15 is 0 Å². The van der Waals surface area contributed by atoms with Gasteiger partial charge >= 0.3 is 6.09 Å². The first-order valence-electron chi connectivity index (χ1n) is 13.4. The van der Waals surface area contributed by atoms with Crippen LogP contribution in [0.5, 0.6) is 0 Å². The van der Waals surface area contributed by atoms with Gasteiger partial charge < -0.3 is 14.7 Å². The van der Waals surface area contributed by atoms with Gasteiger partial charge in [0.25, 0.3) is 0 Å². The van der Waals surface area contributed by atoms with Gasteiger partial charge in [0.2, 0.25) is 10.0 Å². The van der Waals surface area contributed by atoms with Gasteiger partial charge in [-0.1, -0.05) is 18.2 Å². The number of aliphatic hydroxyl groups is 1. The van der Waals surface area contributed by atoms with E-state index in [1.165, 1.54) is 34.6 Å². The van der Waals surface area contributed by atoms with E-state index in [9.17, 15) is 27.1 Å². The number of nitrogens with zero attached hydrogens (tertiary/aromatic N) is 2. The number of ether oxygens (including phenoxy) is 1. The zero-order valence-electron chi connectivity index (χ0n) is 21.3. The van der Waals surface area contributed by atoms with E-state index in [2.05, 4.69) is 0 Å². The summed E-state index contributed by atoms with van der Waals surface area (Å²) in [6, 6.07) is 9.28. The summed E-state index contributed by atoms with van der Waals surface area (Å²) in [6.45, 7) is 0.499. The molecule has 2 saturated heterocycles. The molecule has 1 aliphatic carbocycles. The Hall–Kier alpha value is -2.56. The highest BCUT2D eigenvalue weighted by Crippen LogP contribution is 2.52. The number of sulfonamides is 1. The van der Waals surface area contributed by atoms with Crippen LogP contribution in [-0.4, -0.2) is 59.7 Å². The predicted octanol–water partition coefficient (Wildman–Crippen LogP) is 5.16. The molecule has 1 N–H and O–H groups in total. The van der Waals surface area contributed by atoms with E-state index in [4.69, 9.17) is 4.74 Å². The zero-order valence-corrected chi connectivity index (χ0v) is 22.1. The lowest BCUT2D eigenvalue weighted by atomic mass is 9.90. The molecule has 1 saturated carbocycles. The maximum Gasteiger partial charge on any atom is 0.410 e. The maximum atomic E-state index is 14.2. The van der Waals surface area contributed by atoms with Gasteiger partial charge in [-0.05, 0) is 93.7 Å². The first kappa shape index (κ1) is 27.0. The van der Waals surface area contributed by atoms with Crippen LogP contribution in [0.15, 0.2) is 53.4 Å². The molecular formula is C28H34F2N2O5S. The van der Waals surface area contributed by atoms with Crippen molar-refractivity contribution < 1.29 is 31.8 Å². The van der Waals surface area contributed by atoms with E-state index in [0.29, 0.717) is 50.6 Å². The van der Waals surface area contributed by atoms with Gasteiger partial charge in [-0.2, -0.15) is 4.31 Å². The molecule has 1 unspecified atom stereocenters. The standard InChI is InChI=1S/C28H34F2N2O5S/c29-21-7-3-6-20(18-21)25-11-5-12-26(32(25)38(35,36)24-10-4-8-22(30)19-24)28(14-15-28)37-27(34)31-16-2-1-9-23(31)13-17-33/h3-4,6-8,10,18-19,23,25-26,33H,1-2,5,9,11-17H2/t23?,25-,26+/m0/s1. The predicted molar refractivity (Wildman–Crippen MR) is 137 cm³/mol. The lowest BCUT2D eigenvalue weighted by Gasteiger charge is -2.45. The molecule has 3 aliphatic rings. The van der Waals surface area contributed by atoms with Crippen molar-refractivity contribution in [2.24, 2.45) is 0 Å². The molecule has 3 atom stereocenters. The van der Waals surface area contributed by atoms with Crippen molar-refractivity contribution in [3.63, 3.8) is 0 Å². The SMILES string of the molecule is O=C(OC1([C@H]2CCC[C@@H](c3cccc(F)c3)N2S(=O)(=O)c2cccc(F)c2)CC1)N1CCCCC1CCO. The number of likely N-dealkylation sites (tertiary alicyclic amines) is 1. The molecule has 38 heavy (non-hydrogen) atoms. The van der Waals surface area contributed by atoms with E-state index in [0.717, 1.165) is 25.3 Å². The van der Waals surface area contributed by atoms with Gasteiger partial charge in [-0.25, -0.2) is 22.0 Å². The Kier molecular flexibility index (Phi) is 7.75. The van der Waals surface area contributed by atoms with Crippen LogP contribution in [0.4, 0.5) is 13.6 Å². The largest absolute Gasteiger partial charge is 0.441 e. The summed E-state index contributed by atoms with van der Waals surface area (Å²) in [6.07, 6.45) is 5.18. The molecular weight excluding hydrogens is 514 g/mol.